The molecule has 1 unspecified atom stereocenters. The zero-order valence-corrected chi connectivity index (χ0v) is 12.5. The third kappa shape index (κ3) is 2.31. The summed E-state index contributed by atoms with van der Waals surface area (Å²) in [5.41, 5.74) is 2.02. The van der Waals surface area contributed by atoms with Crippen molar-refractivity contribution in [2.45, 2.75) is 12.5 Å². The second-order valence-electron chi connectivity index (χ2n) is 4.44. The summed E-state index contributed by atoms with van der Waals surface area (Å²) in [6.45, 7) is 0.910. The standard InChI is InChI=1S/C13H14BrNO5/c1-15-13(16)18-5-10-11-7(2-3-17-10)8(14)4-9-12(11)20-6-19-9/h4,10H,2-3,5-6H2,1H3,(H,15,16). The predicted molar refractivity (Wildman–Crippen MR) is 73.1 cm³/mol. The number of alkyl carbamates (subject to hydrolysis) is 1. The van der Waals surface area contributed by atoms with Gasteiger partial charge in [-0.2, -0.15) is 0 Å². The maximum absolute atomic E-state index is 11.2. The second-order valence-corrected chi connectivity index (χ2v) is 5.30. The zero-order chi connectivity index (χ0) is 14.1. The van der Waals surface area contributed by atoms with Gasteiger partial charge in [0.2, 0.25) is 6.79 Å². The number of halogens is 1. The van der Waals surface area contributed by atoms with E-state index in [0.717, 1.165) is 22.0 Å². The average Bonchev–Trinajstić information content (AvgIpc) is 2.92. The number of amides is 1. The minimum absolute atomic E-state index is 0.138. The fourth-order valence-electron chi connectivity index (χ4n) is 2.41. The van der Waals surface area contributed by atoms with Crippen LogP contribution in [0.25, 0.3) is 0 Å². The van der Waals surface area contributed by atoms with Crippen LogP contribution in [0.3, 0.4) is 0 Å². The van der Waals surface area contributed by atoms with Gasteiger partial charge in [-0.1, -0.05) is 15.9 Å². The molecule has 20 heavy (non-hydrogen) atoms. The highest BCUT2D eigenvalue weighted by molar-refractivity contribution is 9.10. The molecule has 1 amide bonds. The Balaban J connectivity index is 1.93. The Morgan fingerprint density at radius 1 is 1.55 bits per heavy atom. The van der Waals surface area contributed by atoms with Gasteiger partial charge in [0.05, 0.1) is 6.61 Å². The maximum atomic E-state index is 11.2. The van der Waals surface area contributed by atoms with Gasteiger partial charge in [-0.15, -0.1) is 0 Å². The molecule has 6 nitrogen and oxygen atoms in total. The van der Waals surface area contributed by atoms with E-state index in [0.29, 0.717) is 18.1 Å². The molecule has 0 fully saturated rings. The van der Waals surface area contributed by atoms with E-state index in [-0.39, 0.29) is 19.5 Å². The van der Waals surface area contributed by atoms with E-state index in [2.05, 4.69) is 21.2 Å². The van der Waals surface area contributed by atoms with Crippen molar-refractivity contribution >= 4 is 22.0 Å². The topological polar surface area (TPSA) is 66.0 Å². The van der Waals surface area contributed by atoms with Gasteiger partial charge < -0.3 is 24.3 Å². The summed E-state index contributed by atoms with van der Waals surface area (Å²) in [4.78, 5) is 11.2. The SMILES string of the molecule is CNC(=O)OCC1OCCc2c(Br)cc3c(c21)OCO3. The molecule has 0 aliphatic carbocycles. The van der Waals surface area contributed by atoms with Crippen molar-refractivity contribution in [2.24, 2.45) is 0 Å². The molecule has 0 spiro atoms. The lowest BCUT2D eigenvalue weighted by atomic mass is 9.96. The van der Waals surface area contributed by atoms with Crippen molar-refractivity contribution < 1.29 is 23.7 Å². The molecule has 3 rings (SSSR count). The summed E-state index contributed by atoms with van der Waals surface area (Å²) < 4.78 is 22.7. The molecule has 1 N–H and O–H groups in total. The van der Waals surface area contributed by atoms with Gasteiger partial charge in [-0.25, -0.2) is 4.79 Å². The zero-order valence-electron chi connectivity index (χ0n) is 10.9. The van der Waals surface area contributed by atoms with E-state index in [1.165, 1.54) is 7.05 Å². The molecule has 1 atom stereocenters. The van der Waals surface area contributed by atoms with Crippen molar-refractivity contribution in [3.05, 3.63) is 21.7 Å². The molecule has 0 aromatic heterocycles. The van der Waals surface area contributed by atoms with Gasteiger partial charge in [0.25, 0.3) is 0 Å². The first-order chi connectivity index (χ1) is 9.70. The Morgan fingerprint density at radius 3 is 3.20 bits per heavy atom. The average molecular weight is 344 g/mol. The molecule has 0 saturated heterocycles. The summed E-state index contributed by atoms with van der Waals surface area (Å²) in [6.07, 6.45) is -0.0446. The molecule has 2 heterocycles. The van der Waals surface area contributed by atoms with E-state index in [1.54, 1.807) is 0 Å². The molecule has 0 bridgehead atoms. The van der Waals surface area contributed by atoms with E-state index in [1.807, 2.05) is 6.07 Å². The van der Waals surface area contributed by atoms with Gasteiger partial charge in [-0.3, -0.25) is 0 Å². The van der Waals surface area contributed by atoms with Crippen LogP contribution in [0.5, 0.6) is 11.5 Å². The maximum Gasteiger partial charge on any atom is 0.406 e. The molecule has 2 aliphatic rings. The van der Waals surface area contributed by atoms with Gasteiger partial charge in [0.15, 0.2) is 11.5 Å². The molecule has 0 radical (unpaired) electrons. The van der Waals surface area contributed by atoms with Crippen LogP contribution in [0.4, 0.5) is 4.79 Å². The van der Waals surface area contributed by atoms with E-state index < -0.39 is 6.09 Å². The number of hydrogen-bond acceptors (Lipinski definition) is 5. The molecule has 0 saturated carbocycles. The fraction of sp³-hybridized carbons (Fsp3) is 0.462. The van der Waals surface area contributed by atoms with Gasteiger partial charge in [0.1, 0.15) is 12.7 Å². The number of hydrogen-bond donors (Lipinski definition) is 1. The Kier molecular flexibility index (Phi) is 3.71. The van der Waals surface area contributed by atoms with Crippen LogP contribution in [0.2, 0.25) is 0 Å². The first-order valence-electron chi connectivity index (χ1n) is 6.27. The van der Waals surface area contributed by atoms with E-state index in [4.69, 9.17) is 18.9 Å². The lowest BCUT2D eigenvalue weighted by molar-refractivity contribution is -0.00525. The molecular formula is C13H14BrNO5. The minimum Gasteiger partial charge on any atom is -0.454 e. The quantitative estimate of drug-likeness (QED) is 0.891. The Labute approximate surface area is 124 Å². The van der Waals surface area contributed by atoms with Crippen LogP contribution in [0.15, 0.2) is 10.5 Å². The summed E-state index contributed by atoms with van der Waals surface area (Å²) in [5, 5.41) is 2.41. The van der Waals surface area contributed by atoms with Gasteiger partial charge >= 0.3 is 6.09 Å². The molecule has 7 heteroatoms. The Morgan fingerprint density at radius 2 is 2.40 bits per heavy atom. The predicted octanol–water partition coefficient (Wildman–Crippen LogP) is 2.15. The molecule has 1 aromatic rings. The van der Waals surface area contributed by atoms with Crippen molar-refractivity contribution in [3.8, 4) is 11.5 Å². The normalized spacial score (nSPS) is 19.4. The first-order valence-corrected chi connectivity index (χ1v) is 7.07. The Hall–Kier alpha value is -1.47. The Bertz CT molecular complexity index is 544. The summed E-state index contributed by atoms with van der Waals surface area (Å²) in [6, 6.07) is 1.91. The lowest BCUT2D eigenvalue weighted by Crippen LogP contribution is -2.26. The van der Waals surface area contributed by atoms with Crippen molar-refractivity contribution in [2.75, 3.05) is 27.1 Å². The monoisotopic (exact) mass is 343 g/mol. The van der Waals surface area contributed by atoms with Crippen LogP contribution in [-0.4, -0.2) is 33.1 Å². The van der Waals surface area contributed by atoms with Crippen LogP contribution in [-0.2, 0) is 15.9 Å². The molecule has 1 aromatic carbocycles. The second kappa shape index (κ2) is 5.49. The van der Waals surface area contributed by atoms with Crippen LogP contribution in [0.1, 0.15) is 17.2 Å². The van der Waals surface area contributed by atoms with Gasteiger partial charge in [0, 0.05) is 17.1 Å². The van der Waals surface area contributed by atoms with Crippen LogP contribution < -0.4 is 14.8 Å². The number of fused-ring (bicyclic) bond motifs is 3. The van der Waals surface area contributed by atoms with Crippen molar-refractivity contribution in [1.82, 2.24) is 5.32 Å². The number of rotatable bonds is 2. The highest BCUT2D eigenvalue weighted by Gasteiger charge is 2.32. The largest absolute Gasteiger partial charge is 0.454 e. The lowest BCUT2D eigenvalue weighted by Gasteiger charge is -2.27. The van der Waals surface area contributed by atoms with Gasteiger partial charge in [-0.05, 0) is 18.1 Å². The third-order valence-corrected chi connectivity index (χ3v) is 4.03. The number of benzene rings is 1. The highest BCUT2D eigenvalue weighted by atomic mass is 79.9. The number of carbonyl (C=O) groups excluding carboxylic acids is 1. The summed E-state index contributed by atoms with van der Waals surface area (Å²) in [7, 11) is 1.52. The summed E-state index contributed by atoms with van der Waals surface area (Å²) >= 11 is 3.55. The minimum atomic E-state index is -0.482. The van der Waals surface area contributed by atoms with E-state index >= 15 is 0 Å². The third-order valence-electron chi connectivity index (χ3n) is 3.32. The molecule has 108 valence electrons. The van der Waals surface area contributed by atoms with Crippen LogP contribution in [0, 0.1) is 0 Å². The van der Waals surface area contributed by atoms with E-state index in [9.17, 15) is 4.79 Å². The highest BCUT2D eigenvalue weighted by Crippen LogP contribution is 2.46. The smallest absolute Gasteiger partial charge is 0.406 e. The fourth-order valence-corrected chi connectivity index (χ4v) is 3.03. The van der Waals surface area contributed by atoms with Crippen molar-refractivity contribution in [3.63, 3.8) is 0 Å². The number of ether oxygens (including phenoxy) is 4. The van der Waals surface area contributed by atoms with Crippen LogP contribution >= 0.6 is 15.9 Å². The number of nitrogens with one attached hydrogen (secondary N) is 1. The number of carbonyl (C=O) groups is 1. The summed E-state index contributed by atoms with van der Waals surface area (Å²) in [5.74, 6) is 1.37. The first kappa shape index (κ1) is 13.5. The molecule has 2 aliphatic heterocycles. The molecular weight excluding hydrogens is 330 g/mol. The van der Waals surface area contributed by atoms with Crippen molar-refractivity contribution in [1.29, 1.82) is 0 Å².